The number of hydrogen-bond donors (Lipinski definition) is 3. The second kappa shape index (κ2) is 8.44. The molecule has 0 saturated carbocycles. The fourth-order valence-corrected chi connectivity index (χ4v) is 1.37. The molecule has 0 bridgehead atoms. The number of methoxy groups -OCH3 is 1. The Balaban J connectivity index is 2.65. The van der Waals surface area contributed by atoms with Crippen LogP contribution in [0.15, 0.2) is 0 Å². The Labute approximate surface area is 113 Å². The van der Waals surface area contributed by atoms with E-state index >= 15 is 0 Å². The van der Waals surface area contributed by atoms with Crippen molar-refractivity contribution in [3.63, 3.8) is 0 Å². The molecule has 0 spiro atoms. The van der Waals surface area contributed by atoms with Gasteiger partial charge in [0.1, 0.15) is 0 Å². The lowest BCUT2D eigenvalue weighted by Gasteiger charge is -2.12. The summed E-state index contributed by atoms with van der Waals surface area (Å²) in [5, 5.41) is 3.10. The third kappa shape index (κ3) is 5.66. The Bertz CT molecular complexity index is 376. The minimum absolute atomic E-state index is 0.256. The van der Waals surface area contributed by atoms with Gasteiger partial charge in [0, 0.05) is 13.7 Å². The Hall–Kier alpha value is -1.67. The van der Waals surface area contributed by atoms with Gasteiger partial charge in [-0.15, -0.1) is 0 Å². The maximum absolute atomic E-state index is 5.37. The number of nitrogen functional groups attached to an aromatic ring is 1. The monoisotopic (exact) mass is 270 g/mol. The maximum atomic E-state index is 5.37. The molecule has 0 saturated heterocycles. The van der Waals surface area contributed by atoms with Crippen molar-refractivity contribution in [3.05, 3.63) is 0 Å². The standard InChI is InChI=1S/C11H22N6O2/c1-4-5-19-11-15-9(14-10(16-11)17-12)13-6-8(2)7-18-3/h8H,4-7,12H2,1-3H3,(H2,13,14,15,16,17). The molecule has 0 aliphatic heterocycles. The maximum Gasteiger partial charge on any atom is 0.323 e. The van der Waals surface area contributed by atoms with Crippen LogP contribution in [0, 0.1) is 5.92 Å². The lowest BCUT2D eigenvalue weighted by Crippen LogP contribution is -2.19. The highest BCUT2D eigenvalue weighted by Gasteiger charge is 2.08. The van der Waals surface area contributed by atoms with Crippen LogP contribution >= 0.6 is 0 Å². The van der Waals surface area contributed by atoms with Crippen LogP contribution in [0.4, 0.5) is 11.9 Å². The first-order chi connectivity index (χ1) is 9.19. The second-order valence-electron chi connectivity index (χ2n) is 4.20. The first kappa shape index (κ1) is 15.4. The van der Waals surface area contributed by atoms with Crippen LogP contribution in [0.5, 0.6) is 6.01 Å². The molecule has 0 fully saturated rings. The van der Waals surface area contributed by atoms with Crippen LogP contribution < -0.4 is 21.3 Å². The second-order valence-corrected chi connectivity index (χ2v) is 4.20. The van der Waals surface area contributed by atoms with Crippen molar-refractivity contribution >= 4 is 11.9 Å². The molecule has 19 heavy (non-hydrogen) atoms. The molecule has 8 heteroatoms. The zero-order valence-electron chi connectivity index (χ0n) is 11.6. The molecule has 1 aromatic heterocycles. The van der Waals surface area contributed by atoms with Gasteiger partial charge in [0.05, 0.1) is 13.2 Å². The van der Waals surface area contributed by atoms with E-state index in [2.05, 4.69) is 32.6 Å². The summed E-state index contributed by atoms with van der Waals surface area (Å²) >= 11 is 0. The highest BCUT2D eigenvalue weighted by atomic mass is 16.5. The molecule has 1 rings (SSSR count). The fraction of sp³-hybridized carbons (Fsp3) is 0.727. The number of nitrogens with zero attached hydrogens (tertiary/aromatic N) is 3. The van der Waals surface area contributed by atoms with Crippen LogP contribution in [0.25, 0.3) is 0 Å². The Morgan fingerprint density at radius 3 is 2.63 bits per heavy atom. The lowest BCUT2D eigenvalue weighted by atomic mass is 10.2. The quantitative estimate of drug-likeness (QED) is 0.443. The number of rotatable bonds is 9. The normalized spacial score (nSPS) is 12.0. The van der Waals surface area contributed by atoms with Gasteiger partial charge < -0.3 is 14.8 Å². The van der Waals surface area contributed by atoms with Gasteiger partial charge in [-0.2, -0.15) is 15.0 Å². The fourth-order valence-electron chi connectivity index (χ4n) is 1.37. The molecule has 8 nitrogen and oxygen atoms in total. The van der Waals surface area contributed by atoms with Crippen molar-refractivity contribution < 1.29 is 9.47 Å². The average Bonchev–Trinajstić information content (AvgIpc) is 2.43. The largest absolute Gasteiger partial charge is 0.463 e. The molecule has 0 aliphatic rings. The van der Waals surface area contributed by atoms with Crippen LogP contribution in [-0.4, -0.2) is 41.8 Å². The Morgan fingerprint density at radius 1 is 1.26 bits per heavy atom. The van der Waals surface area contributed by atoms with E-state index < -0.39 is 0 Å². The minimum Gasteiger partial charge on any atom is -0.463 e. The van der Waals surface area contributed by atoms with Gasteiger partial charge in [0.2, 0.25) is 11.9 Å². The summed E-state index contributed by atoms with van der Waals surface area (Å²) in [6.07, 6.45) is 0.880. The molecule has 1 heterocycles. The molecule has 0 radical (unpaired) electrons. The first-order valence-electron chi connectivity index (χ1n) is 6.27. The van der Waals surface area contributed by atoms with E-state index in [4.69, 9.17) is 15.3 Å². The number of aromatic nitrogens is 3. The van der Waals surface area contributed by atoms with E-state index in [1.165, 1.54) is 0 Å². The predicted molar refractivity (Wildman–Crippen MR) is 73.0 cm³/mol. The summed E-state index contributed by atoms with van der Waals surface area (Å²) in [6, 6.07) is 0.256. The van der Waals surface area contributed by atoms with Gasteiger partial charge in [0.25, 0.3) is 0 Å². The first-order valence-corrected chi connectivity index (χ1v) is 6.27. The van der Waals surface area contributed by atoms with Gasteiger partial charge in [-0.25, -0.2) is 5.84 Å². The molecule has 1 unspecified atom stereocenters. The molecular weight excluding hydrogens is 248 g/mol. The number of nitrogens with two attached hydrogens (primary N) is 1. The lowest BCUT2D eigenvalue weighted by molar-refractivity contribution is 0.164. The van der Waals surface area contributed by atoms with E-state index in [1.54, 1.807) is 7.11 Å². The summed E-state index contributed by atoms with van der Waals surface area (Å²) in [6.45, 7) is 5.98. The summed E-state index contributed by atoms with van der Waals surface area (Å²) in [5.41, 5.74) is 2.39. The smallest absolute Gasteiger partial charge is 0.323 e. The van der Waals surface area contributed by atoms with Gasteiger partial charge in [-0.3, -0.25) is 5.43 Å². The minimum atomic E-state index is 0.256. The highest BCUT2D eigenvalue weighted by molar-refractivity contribution is 5.34. The van der Waals surface area contributed by atoms with Crippen molar-refractivity contribution in [1.82, 2.24) is 15.0 Å². The SMILES string of the molecule is CCCOc1nc(NN)nc(NCC(C)COC)n1. The predicted octanol–water partition coefficient (Wildman–Crippen LogP) is 0.640. The van der Waals surface area contributed by atoms with Crippen LogP contribution in [0.2, 0.25) is 0 Å². The van der Waals surface area contributed by atoms with E-state index in [1.807, 2.05) is 6.92 Å². The summed E-state index contributed by atoms with van der Waals surface area (Å²) in [5.74, 6) is 6.35. The number of anilines is 2. The van der Waals surface area contributed by atoms with Gasteiger partial charge in [0.15, 0.2) is 0 Å². The van der Waals surface area contributed by atoms with Crippen molar-refractivity contribution in [2.24, 2.45) is 11.8 Å². The molecule has 0 aliphatic carbocycles. The van der Waals surface area contributed by atoms with Crippen LogP contribution in [-0.2, 0) is 4.74 Å². The van der Waals surface area contributed by atoms with E-state index in [0.29, 0.717) is 31.6 Å². The summed E-state index contributed by atoms with van der Waals surface area (Å²) in [7, 11) is 1.67. The molecule has 108 valence electrons. The average molecular weight is 270 g/mol. The zero-order valence-corrected chi connectivity index (χ0v) is 11.6. The van der Waals surface area contributed by atoms with E-state index in [0.717, 1.165) is 6.42 Å². The number of hydrogen-bond acceptors (Lipinski definition) is 8. The third-order valence-corrected chi connectivity index (χ3v) is 2.24. The Kier molecular flexibility index (Phi) is 6.83. The molecule has 0 amide bonds. The summed E-state index contributed by atoms with van der Waals surface area (Å²) < 4.78 is 10.4. The van der Waals surface area contributed by atoms with E-state index in [9.17, 15) is 0 Å². The van der Waals surface area contributed by atoms with Gasteiger partial charge >= 0.3 is 6.01 Å². The molecular formula is C11H22N6O2. The number of hydrazine groups is 1. The van der Waals surface area contributed by atoms with Gasteiger partial charge in [-0.1, -0.05) is 13.8 Å². The number of ether oxygens (including phenoxy) is 2. The highest BCUT2D eigenvalue weighted by Crippen LogP contribution is 2.11. The topological polar surface area (TPSA) is 107 Å². The molecule has 4 N–H and O–H groups in total. The van der Waals surface area contributed by atoms with Crippen molar-refractivity contribution in [2.45, 2.75) is 20.3 Å². The molecule has 0 aromatic carbocycles. The van der Waals surface area contributed by atoms with Crippen molar-refractivity contribution in [2.75, 3.05) is 37.6 Å². The zero-order chi connectivity index (χ0) is 14.1. The molecule has 1 aromatic rings. The van der Waals surface area contributed by atoms with E-state index in [-0.39, 0.29) is 12.0 Å². The third-order valence-electron chi connectivity index (χ3n) is 2.24. The summed E-state index contributed by atoms with van der Waals surface area (Å²) in [4.78, 5) is 12.3. The van der Waals surface area contributed by atoms with Crippen molar-refractivity contribution in [3.8, 4) is 6.01 Å². The van der Waals surface area contributed by atoms with Crippen LogP contribution in [0.1, 0.15) is 20.3 Å². The number of nitrogens with one attached hydrogen (secondary N) is 2. The van der Waals surface area contributed by atoms with Crippen LogP contribution in [0.3, 0.4) is 0 Å². The van der Waals surface area contributed by atoms with Gasteiger partial charge in [-0.05, 0) is 12.3 Å². The Morgan fingerprint density at radius 2 is 2.00 bits per heavy atom. The van der Waals surface area contributed by atoms with Crippen molar-refractivity contribution in [1.29, 1.82) is 0 Å². The molecule has 1 atom stereocenters.